The molecule has 8 bridgehead atoms. The van der Waals surface area contributed by atoms with Crippen molar-refractivity contribution in [3.8, 4) is 44.5 Å². The summed E-state index contributed by atoms with van der Waals surface area (Å²) >= 11 is 0. The summed E-state index contributed by atoms with van der Waals surface area (Å²) in [4.78, 5) is 78.8. The molecule has 0 atom stereocenters. The molecule has 0 saturated heterocycles. The van der Waals surface area contributed by atoms with Crippen molar-refractivity contribution in [3.63, 3.8) is 0 Å². The number of aromatic nitrogens is 8. The van der Waals surface area contributed by atoms with Crippen molar-refractivity contribution in [2.24, 2.45) is 28.2 Å². The van der Waals surface area contributed by atoms with Crippen molar-refractivity contribution in [3.05, 3.63) is 264 Å². The number of carbonyl (C=O) groups is 4. The van der Waals surface area contributed by atoms with Gasteiger partial charge in [0.2, 0.25) is 0 Å². The standard InChI is InChI=1S/C72H54N12O4.Fe/c1-81-37-29-45(30-38-81)69(85)77-53-17-9-5-13-49(53)65-57-21-23-59(73-57)66(50-14-6-10-18-54(50)78-70(86)46-31-39-82(2)40-32-46)61-25-27-63(75-61)68(52-16-8-12-20-56(52)80-72(88)48-35-43-84(4)44-36-48)64-28-26-62(76-64)67(60-24-22-58(65)74-60)51-15-7-11-19-55(51)79-71(87)47-33-41-83(3)42-34-47;/h5-44H,1-4H3,(H2-3,73,74,75,76,77,78,79,80,85,86,87,88);/q;+3/p+2. The maximum atomic E-state index is 14.2. The van der Waals surface area contributed by atoms with E-state index in [1.54, 1.807) is 48.5 Å². The summed E-state index contributed by atoms with van der Waals surface area (Å²) in [5.41, 5.74) is 13.0. The number of anilines is 4. The average molecular weight is 1210 g/mol. The van der Waals surface area contributed by atoms with Crippen LogP contribution in [0.1, 0.15) is 64.2 Å². The van der Waals surface area contributed by atoms with E-state index in [0.29, 0.717) is 134 Å². The van der Waals surface area contributed by atoms with Gasteiger partial charge in [0, 0.05) is 93.5 Å². The number of hydrogen-bond acceptors (Lipinski definition) is 6. The van der Waals surface area contributed by atoms with Gasteiger partial charge in [-0.05, 0) is 70.8 Å². The van der Waals surface area contributed by atoms with Gasteiger partial charge in [-0.2, -0.15) is 0 Å². The van der Waals surface area contributed by atoms with Gasteiger partial charge in [0.05, 0.1) is 45.0 Å². The number of fused-ring (bicyclic) bond motifs is 8. The number of amides is 4. The maximum absolute atomic E-state index is 14.2. The second-order valence-corrected chi connectivity index (χ2v) is 21.4. The number of benzene rings is 4. The van der Waals surface area contributed by atoms with Crippen molar-refractivity contribution in [1.82, 2.24) is 19.9 Å². The topological polar surface area (TPSA) is 186 Å². The van der Waals surface area contributed by atoms with E-state index in [-0.39, 0.29) is 40.7 Å². The van der Waals surface area contributed by atoms with E-state index in [1.807, 2.05) is 242 Å². The van der Waals surface area contributed by atoms with Crippen LogP contribution in [0, 0.1) is 0 Å². The van der Waals surface area contributed by atoms with Crippen LogP contribution < -0.4 is 49.5 Å². The number of pyridine rings is 4. The first-order valence-corrected chi connectivity index (χ1v) is 28.4. The second-order valence-electron chi connectivity index (χ2n) is 21.4. The van der Waals surface area contributed by atoms with Crippen LogP contribution in [0.3, 0.4) is 0 Å². The first-order valence-electron chi connectivity index (χ1n) is 28.4. The van der Waals surface area contributed by atoms with Crippen molar-refractivity contribution in [2.45, 2.75) is 0 Å². The van der Waals surface area contributed by atoms with E-state index in [1.165, 1.54) is 0 Å². The first kappa shape index (κ1) is 57.9. The average Bonchev–Trinajstić information content (AvgIpc) is 1.97. The number of aryl methyl sites for hydroxylation is 4. The molecule has 89 heavy (non-hydrogen) atoms. The van der Waals surface area contributed by atoms with Crippen LogP contribution >= 0.6 is 0 Å². The monoisotopic (exact) mass is 1210 g/mol. The zero-order chi connectivity index (χ0) is 60.4. The van der Waals surface area contributed by atoms with Crippen LogP contribution in [0.15, 0.2) is 219 Å². The van der Waals surface area contributed by atoms with Crippen molar-refractivity contribution >= 4 is 92.7 Å². The van der Waals surface area contributed by atoms with Gasteiger partial charge in [-0.3, -0.25) is 19.2 Å². The van der Waals surface area contributed by atoms with E-state index < -0.39 is 0 Å². The minimum atomic E-state index is -0.311. The number of nitrogens with one attached hydrogen (secondary N) is 4. The molecule has 1 radical (unpaired) electrons. The third-order valence-electron chi connectivity index (χ3n) is 15.4. The molecule has 4 N–H and O–H groups in total. The molecule has 0 saturated carbocycles. The molecule has 16 nitrogen and oxygen atoms in total. The van der Waals surface area contributed by atoms with Crippen LogP contribution in [-0.2, 0) is 45.3 Å². The van der Waals surface area contributed by atoms with Crippen LogP contribution in [0.4, 0.5) is 22.7 Å². The summed E-state index contributed by atoms with van der Waals surface area (Å²) in [6.07, 6.45) is 22.3. The minimum absolute atomic E-state index is 0. The fraction of sp³-hybridized carbons (Fsp3) is 0.0556. The Bertz CT molecular complexity index is 4260. The number of nitrogens with zero attached hydrogens (tertiary/aromatic N) is 8. The Balaban J connectivity index is 0.00000769. The molecular weight excluding hydrogens is 1150 g/mol. The van der Waals surface area contributed by atoms with E-state index in [9.17, 15) is 19.2 Å². The van der Waals surface area contributed by atoms with Crippen LogP contribution in [0.5, 0.6) is 0 Å². The van der Waals surface area contributed by atoms with Gasteiger partial charge < -0.3 is 31.2 Å². The molecule has 17 heteroatoms. The number of carbonyl (C=O) groups excluding carboxylic acids is 4. The van der Waals surface area contributed by atoms with Crippen molar-refractivity contribution in [1.29, 1.82) is 0 Å². The van der Waals surface area contributed by atoms with Gasteiger partial charge >= 0.3 is 17.1 Å². The summed E-state index contributed by atoms with van der Waals surface area (Å²) in [7, 11) is 7.57. The van der Waals surface area contributed by atoms with E-state index in [2.05, 4.69) is 21.3 Å². The predicted octanol–water partition coefficient (Wildman–Crippen LogP) is 10.9. The number of hydrogen-bond donors (Lipinski definition) is 4. The molecule has 2 aliphatic rings. The second kappa shape index (κ2) is 24.8. The smallest absolute Gasteiger partial charge is 0.657 e. The molecule has 4 aromatic carbocycles. The van der Waals surface area contributed by atoms with Gasteiger partial charge in [0.25, 0.3) is 23.6 Å². The van der Waals surface area contributed by atoms with E-state index >= 15 is 0 Å². The summed E-state index contributed by atoms with van der Waals surface area (Å²) in [6, 6.07) is 52.0. The fourth-order valence-electron chi connectivity index (χ4n) is 10.8. The Morgan fingerprint density at radius 2 is 0.506 bits per heavy atom. The zero-order valence-corrected chi connectivity index (χ0v) is 49.8. The Kier molecular flexibility index (Phi) is 16.1. The molecule has 2 aliphatic heterocycles. The molecule has 431 valence electrons. The number of para-hydroxylation sites is 4. The third-order valence-corrected chi connectivity index (χ3v) is 15.4. The summed E-state index contributed by atoms with van der Waals surface area (Å²) in [5.74, 6) is -1.24. The summed E-state index contributed by atoms with van der Waals surface area (Å²) < 4.78 is 7.45. The van der Waals surface area contributed by atoms with Gasteiger partial charge in [-0.15, -0.1) is 22.1 Å². The van der Waals surface area contributed by atoms with Gasteiger partial charge in [0.1, 0.15) is 28.2 Å². The largest absolute Gasteiger partial charge is 3.00 e. The summed E-state index contributed by atoms with van der Waals surface area (Å²) in [6.45, 7) is 0. The maximum Gasteiger partial charge on any atom is 3.00 e. The molecule has 0 spiro atoms. The molecule has 11 aromatic rings. The normalized spacial score (nSPS) is 11.4. The van der Waals surface area contributed by atoms with Gasteiger partial charge in [-0.25, -0.2) is 28.2 Å². The zero-order valence-electron chi connectivity index (χ0n) is 48.7. The Hall–Kier alpha value is -11.5. The molecule has 0 aliphatic carbocycles. The van der Waals surface area contributed by atoms with Crippen molar-refractivity contribution < 1.29 is 54.5 Å². The predicted molar refractivity (Wildman–Crippen MR) is 341 cm³/mol. The molecule has 0 unspecified atom stereocenters. The van der Waals surface area contributed by atoms with E-state index in [4.69, 9.17) is 19.9 Å². The molecular formula is C72H56FeN12O4+5. The fourth-order valence-corrected chi connectivity index (χ4v) is 10.8. The number of rotatable bonds is 12. The molecule has 4 amide bonds. The molecule has 9 heterocycles. The van der Waals surface area contributed by atoms with Crippen LogP contribution in [0.2, 0.25) is 0 Å². The Morgan fingerprint density at radius 3 is 0.719 bits per heavy atom. The SMILES string of the molecule is C[n+]1ccc(C(=O)Nc2ccccc2-c2c3nc(c(-c4ccccc4NC(=O)c4cc[n+](C)cc4)c4ccc([n-]4)c(-c4ccccc4NC(=O)c4cc[n+](C)cc4)c4nc(c(-c5ccccc5NC(=O)c5cc[n+](C)cc5)c5ccc2[n-]5)C=C4)C=C3)cc1.[Fe+3]. The van der Waals surface area contributed by atoms with Crippen molar-refractivity contribution in [2.75, 3.05) is 21.3 Å². The minimum Gasteiger partial charge on any atom is -0.657 e. The molecule has 0 fully saturated rings. The molecule has 7 aromatic heterocycles. The van der Waals surface area contributed by atoms with E-state index in [0.717, 1.165) is 0 Å². The Morgan fingerprint density at radius 1 is 0.303 bits per heavy atom. The first-order chi connectivity index (χ1) is 42.9. The summed E-state index contributed by atoms with van der Waals surface area (Å²) in [5, 5.41) is 12.8. The van der Waals surface area contributed by atoms with Crippen LogP contribution in [0.25, 0.3) is 90.9 Å². The third kappa shape index (κ3) is 11.9. The van der Waals surface area contributed by atoms with Crippen LogP contribution in [-0.4, -0.2) is 33.6 Å². The van der Waals surface area contributed by atoms with Gasteiger partial charge in [-0.1, -0.05) is 97.1 Å². The van der Waals surface area contributed by atoms with Gasteiger partial charge in [0.15, 0.2) is 49.6 Å². The Labute approximate surface area is 522 Å². The molecule has 13 rings (SSSR count). The quantitative estimate of drug-likeness (QED) is 0.0687.